The van der Waals surface area contributed by atoms with Gasteiger partial charge in [-0.25, -0.2) is 4.79 Å². The summed E-state index contributed by atoms with van der Waals surface area (Å²) in [5.41, 5.74) is 7.06. The second-order valence-electron chi connectivity index (χ2n) is 6.11. The Bertz CT molecular complexity index is 605. The van der Waals surface area contributed by atoms with Crippen LogP contribution in [-0.4, -0.2) is 52.5 Å². The van der Waals surface area contributed by atoms with E-state index in [9.17, 15) is 19.5 Å². The Balaban J connectivity index is 1.97. The maximum absolute atomic E-state index is 12.5. The predicted molar refractivity (Wildman–Crippen MR) is 88.1 cm³/mol. The number of likely N-dealkylation sites (tertiary alicyclic amines) is 1. The number of benzene rings is 1. The molecule has 1 unspecified atom stereocenters. The highest BCUT2D eigenvalue weighted by Gasteiger charge is 2.41. The van der Waals surface area contributed by atoms with E-state index in [2.05, 4.69) is 5.32 Å². The Morgan fingerprint density at radius 1 is 1.33 bits per heavy atom. The first-order chi connectivity index (χ1) is 11.4. The second kappa shape index (κ2) is 7.92. The number of amides is 2. The number of hydrogen-bond donors (Lipinski definition) is 3. The van der Waals surface area contributed by atoms with Gasteiger partial charge in [-0.3, -0.25) is 9.59 Å². The van der Waals surface area contributed by atoms with Crippen molar-refractivity contribution in [3.63, 3.8) is 0 Å². The van der Waals surface area contributed by atoms with Gasteiger partial charge in [-0.1, -0.05) is 30.3 Å². The number of nitrogens with one attached hydrogen (secondary N) is 1. The van der Waals surface area contributed by atoms with E-state index in [1.807, 2.05) is 30.3 Å². The van der Waals surface area contributed by atoms with Crippen LogP contribution in [0, 0.1) is 0 Å². The van der Waals surface area contributed by atoms with Crippen LogP contribution in [0.15, 0.2) is 30.3 Å². The molecule has 7 heteroatoms. The SMILES string of the molecule is CC(=O)NC1C[C@@H](C(=O)O)N(C(=O)[C@H](N)CCc2ccccc2)C1. The average molecular weight is 333 g/mol. The number of carboxylic acids is 1. The Morgan fingerprint density at radius 2 is 2.00 bits per heavy atom. The maximum Gasteiger partial charge on any atom is 0.326 e. The van der Waals surface area contributed by atoms with E-state index in [0.717, 1.165) is 5.56 Å². The van der Waals surface area contributed by atoms with E-state index < -0.39 is 18.1 Å². The Hall–Kier alpha value is -2.41. The molecule has 0 bridgehead atoms. The largest absolute Gasteiger partial charge is 0.480 e. The van der Waals surface area contributed by atoms with Gasteiger partial charge in [-0.15, -0.1) is 0 Å². The molecule has 7 nitrogen and oxygen atoms in total. The van der Waals surface area contributed by atoms with E-state index in [4.69, 9.17) is 5.73 Å². The van der Waals surface area contributed by atoms with Crippen molar-refractivity contribution >= 4 is 17.8 Å². The van der Waals surface area contributed by atoms with Crippen LogP contribution in [0.2, 0.25) is 0 Å². The fourth-order valence-electron chi connectivity index (χ4n) is 3.01. The molecule has 3 atom stereocenters. The highest BCUT2D eigenvalue weighted by atomic mass is 16.4. The number of hydrogen-bond acceptors (Lipinski definition) is 4. The molecule has 1 fully saturated rings. The molecule has 1 saturated heterocycles. The first-order valence-corrected chi connectivity index (χ1v) is 7.98. The molecule has 0 aromatic heterocycles. The van der Waals surface area contributed by atoms with E-state index in [1.165, 1.54) is 11.8 Å². The van der Waals surface area contributed by atoms with E-state index in [1.54, 1.807) is 0 Å². The molecule has 4 N–H and O–H groups in total. The first kappa shape index (κ1) is 17.9. The Kier molecular flexibility index (Phi) is 5.92. The summed E-state index contributed by atoms with van der Waals surface area (Å²) in [6.45, 7) is 1.54. The molecule has 0 saturated carbocycles. The third-order valence-electron chi connectivity index (χ3n) is 4.18. The first-order valence-electron chi connectivity index (χ1n) is 7.98. The highest BCUT2D eigenvalue weighted by Crippen LogP contribution is 2.20. The number of carbonyl (C=O) groups is 3. The van der Waals surface area contributed by atoms with Crippen LogP contribution in [0.5, 0.6) is 0 Å². The number of carboxylic acid groups (broad SMARTS) is 1. The predicted octanol–water partition coefficient (Wildman–Crippen LogP) is 0.137. The standard InChI is InChI=1S/C17H23N3O4/c1-11(21)19-13-9-15(17(23)24)20(10-13)16(22)14(18)8-7-12-5-3-2-4-6-12/h2-6,13-15H,7-10,18H2,1H3,(H,19,21)(H,23,24)/t13?,14-,15+/m1/s1. The van der Waals surface area contributed by atoms with Gasteiger partial charge in [0.25, 0.3) is 0 Å². The third-order valence-corrected chi connectivity index (χ3v) is 4.18. The summed E-state index contributed by atoms with van der Waals surface area (Å²) >= 11 is 0. The summed E-state index contributed by atoms with van der Waals surface area (Å²) in [7, 11) is 0. The lowest BCUT2D eigenvalue weighted by molar-refractivity contribution is -0.148. The number of aliphatic carboxylic acids is 1. The van der Waals surface area contributed by atoms with Crippen LogP contribution in [0.1, 0.15) is 25.3 Å². The Labute approximate surface area is 140 Å². The monoisotopic (exact) mass is 333 g/mol. The number of rotatable bonds is 6. The van der Waals surface area contributed by atoms with Crippen LogP contribution >= 0.6 is 0 Å². The summed E-state index contributed by atoms with van der Waals surface area (Å²) in [6, 6.07) is 7.61. The van der Waals surface area contributed by atoms with Gasteiger partial charge in [0.1, 0.15) is 6.04 Å². The molecule has 130 valence electrons. The minimum absolute atomic E-state index is 0.175. The van der Waals surface area contributed by atoms with Crippen LogP contribution in [0.4, 0.5) is 0 Å². The highest BCUT2D eigenvalue weighted by molar-refractivity contribution is 5.88. The zero-order valence-electron chi connectivity index (χ0n) is 13.6. The van der Waals surface area contributed by atoms with Gasteiger partial charge in [-0.2, -0.15) is 0 Å². The summed E-state index contributed by atoms with van der Waals surface area (Å²) < 4.78 is 0. The normalized spacial score (nSPS) is 21.3. The maximum atomic E-state index is 12.5. The van der Waals surface area contributed by atoms with Gasteiger partial charge in [0.15, 0.2) is 0 Å². The van der Waals surface area contributed by atoms with Crippen molar-refractivity contribution in [2.45, 2.75) is 44.3 Å². The summed E-state index contributed by atoms with van der Waals surface area (Å²) in [4.78, 5) is 36.4. The molecule has 0 aliphatic carbocycles. The topological polar surface area (TPSA) is 113 Å². The van der Waals surface area contributed by atoms with Gasteiger partial charge in [-0.05, 0) is 18.4 Å². The lowest BCUT2D eigenvalue weighted by Gasteiger charge is -2.24. The number of aryl methyl sites for hydroxylation is 1. The molecule has 1 aliphatic rings. The lowest BCUT2D eigenvalue weighted by atomic mass is 10.0. The third kappa shape index (κ3) is 4.55. The van der Waals surface area contributed by atoms with Gasteiger partial charge in [0, 0.05) is 25.9 Å². The zero-order chi connectivity index (χ0) is 17.7. The van der Waals surface area contributed by atoms with E-state index in [0.29, 0.717) is 12.8 Å². The molecule has 0 spiro atoms. The smallest absolute Gasteiger partial charge is 0.326 e. The summed E-state index contributed by atoms with van der Waals surface area (Å²) in [5, 5.41) is 12.0. The van der Waals surface area contributed by atoms with Gasteiger partial charge in [0.05, 0.1) is 6.04 Å². The van der Waals surface area contributed by atoms with Crippen molar-refractivity contribution in [2.24, 2.45) is 5.73 Å². The number of nitrogens with zero attached hydrogens (tertiary/aromatic N) is 1. The van der Waals surface area contributed by atoms with Crippen LogP contribution in [0.25, 0.3) is 0 Å². The quantitative estimate of drug-likeness (QED) is 0.685. The van der Waals surface area contributed by atoms with Crippen LogP contribution < -0.4 is 11.1 Å². The molecular weight excluding hydrogens is 310 g/mol. The molecule has 2 amide bonds. The summed E-state index contributed by atoms with van der Waals surface area (Å²) in [6.07, 6.45) is 1.29. The summed E-state index contributed by atoms with van der Waals surface area (Å²) in [5.74, 6) is -1.70. The van der Waals surface area contributed by atoms with Crippen LogP contribution in [-0.2, 0) is 20.8 Å². The van der Waals surface area contributed by atoms with Crippen LogP contribution in [0.3, 0.4) is 0 Å². The van der Waals surface area contributed by atoms with Gasteiger partial charge < -0.3 is 21.1 Å². The fraction of sp³-hybridized carbons (Fsp3) is 0.471. The second-order valence-corrected chi connectivity index (χ2v) is 6.11. The molecule has 1 aromatic carbocycles. The van der Waals surface area contributed by atoms with Crippen molar-refractivity contribution in [3.8, 4) is 0 Å². The zero-order valence-corrected chi connectivity index (χ0v) is 13.6. The molecule has 1 aromatic rings. The van der Waals surface area contributed by atoms with Crippen molar-refractivity contribution in [1.82, 2.24) is 10.2 Å². The minimum Gasteiger partial charge on any atom is -0.480 e. The van der Waals surface area contributed by atoms with E-state index >= 15 is 0 Å². The average Bonchev–Trinajstić information content (AvgIpc) is 2.96. The van der Waals surface area contributed by atoms with Gasteiger partial charge in [0.2, 0.25) is 11.8 Å². The van der Waals surface area contributed by atoms with E-state index in [-0.39, 0.29) is 30.8 Å². The molecule has 1 heterocycles. The Morgan fingerprint density at radius 3 is 2.58 bits per heavy atom. The lowest BCUT2D eigenvalue weighted by Crippen LogP contribution is -2.49. The van der Waals surface area contributed by atoms with Crippen molar-refractivity contribution < 1.29 is 19.5 Å². The minimum atomic E-state index is -1.08. The van der Waals surface area contributed by atoms with Crippen molar-refractivity contribution in [3.05, 3.63) is 35.9 Å². The van der Waals surface area contributed by atoms with Crippen molar-refractivity contribution in [1.29, 1.82) is 0 Å². The molecule has 0 radical (unpaired) electrons. The number of carbonyl (C=O) groups excluding carboxylic acids is 2. The van der Waals surface area contributed by atoms with Crippen molar-refractivity contribution in [2.75, 3.05) is 6.54 Å². The molecule has 1 aliphatic heterocycles. The molecule has 2 rings (SSSR count). The number of nitrogens with two attached hydrogens (primary N) is 1. The van der Waals surface area contributed by atoms with Gasteiger partial charge >= 0.3 is 5.97 Å². The molecule has 24 heavy (non-hydrogen) atoms. The molecular formula is C17H23N3O4. The fourth-order valence-corrected chi connectivity index (χ4v) is 3.01.